The van der Waals surface area contributed by atoms with Crippen molar-refractivity contribution in [3.05, 3.63) is 28.5 Å². The summed E-state index contributed by atoms with van der Waals surface area (Å²) >= 11 is 11.1. The number of hydrogen-bond donors (Lipinski definition) is 2. The largest absolute Gasteiger partial charge is 0.389 e. The second kappa shape index (κ2) is 4.94. The Balaban J connectivity index is 2.91. The van der Waals surface area contributed by atoms with E-state index in [0.29, 0.717) is 10.7 Å². The number of aromatic nitrogens is 1. The van der Waals surface area contributed by atoms with Gasteiger partial charge in [0.15, 0.2) is 0 Å². The zero-order valence-corrected chi connectivity index (χ0v) is 9.13. The third kappa shape index (κ3) is 2.58. The number of halogens is 2. The van der Waals surface area contributed by atoms with E-state index in [1.54, 1.807) is 13.0 Å². The zero-order chi connectivity index (χ0) is 10.7. The van der Waals surface area contributed by atoms with Crippen molar-refractivity contribution in [3.63, 3.8) is 0 Å². The summed E-state index contributed by atoms with van der Waals surface area (Å²) in [4.78, 5) is 3.87. The number of hydrogen-bond acceptors (Lipinski definition) is 3. The average Bonchev–Trinajstić information content (AvgIpc) is 2.20. The van der Waals surface area contributed by atoms with E-state index >= 15 is 0 Å². The number of aliphatic hydroxyl groups is 2. The Morgan fingerprint density at radius 1 is 1.50 bits per heavy atom. The lowest BCUT2D eigenvalue weighted by atomic mass is 10.1. The third-order valence-electron chi connectivity index (χ3n) is 1.90. The van der Waals surface area contributed by atoms with Gasteiger partial charge >= 0.3 is 0 Å². The van der Waals surface area contributed by atoms with Gasteiger partial charge in [-0.2, -0.15) is 0 Å². The molecular weight excluding hydrogens is 225 g/mol. The minimum atomic E-state index is -1.02. The molecule has 0 aliphatic heterocycles. The van der Waals surface area contributed by atoms with Gasteiger partial charge in [-0.25, -0.2) is 4.98 Å². The van der Waals surface area contributed by atoms with Gasteiger partial charge in [0, 0.05) is 11.8 Å². The first-order valence-electron chi connectivity index (χ1n) is 4.10. The van der Waals surface area contributed by atoms with Crippen LogP contribution in [0.5, 0.6) is 0 Å². The van der Waals surface area contributed by atoms with Gasteiger partial charge in [0.25, 0.3) is 0 Å². The first kappa shape index (κ1) is 11.7. The van der Waals surface area contributed by atoms with Crippen molar-refractivity contribution in [2.24, 2.45) is 0 Å². The lowest BCUT2D eigenvalue weighted by Crippen LogP contribution is -2.19. The molecule has 0 aliphatic carbocycles. The van der Waals surface area contributed by atoms with Crippen LogP contribution in [-0.4, -0.2) is 27.2 Å². The van der Waals surface area contributed by atoms with E-state index in [-0.39, 0.29) is 5.88 Å². The first-order chi connectivity index (χ1) is 6.56. The molecule has 0 aliphatic rings. The van der Waals surface area contributed by atoms with Gasteiger partial charge in [0.2, 0.25) is 0 Å². The van der Waals surface area contributed by atoms with E-state index < -0.39 is 12.2 Å². The maximum atomic E-state index is 9.59. The molecule has 1 aromatic heterocycles. The number of aliphatic hydroxyl groups excluding tert-OH is 2. The fourth-order valence-electron chi connectivity index (χ4n) is 1.05. The molecule has 2 atom stereocenters. The molecule has 0 amide bonds. The van der Waals surface area contributed by atoms with Crippen LogP contribution in [0.1, 0.15) is 17.2 Å². The monoisotopic (exact) mass is 235 g/mol. The van der Waals surface area contributed by atoms with Gasteiger partial charge in [0.05, 0.1) is 12.0 Å². The molecule has 1 rings (SSSR count). The van der Waals surface area contributed by atoms with E-state index in [1.807, 2.05) is 0 Å². The Kier molecular flexibility index (Phi) is 4.13. The summed E-state index contributed by atoms with van der Waals surface area (Å²) in [6.07, 6.45) is -0.578. The summed E-state index contributed by atoms with van der Waals surface area (Å²) in [6.45, 7) is 1.78. The highest BCUT2D eigenvalue weighted by atomic mass is 35.5. The van der Waals surface area contributed by atoms with E-state index in [9.17, 15) is 10.2 Å². The Morgan fingerprint density at radius 2 is 2.14 bits per heavy atom. The van der Waals surface area contributed by atoms with Crippen molar-refractivity contribution in [2.45, 2.75) is 19.1 Å². The van der Waals surface area contributed by atoms with Gasteiger partial charge < -0.3 is 10.2 Å². The van der Waals surface area contributed by atoms with Crippen LogP contribution in [0.2, 0.25) is 5.15 Å². The first-order valence-corrected chi connectivity index (χ1v) is 5.01. The molecule has 0 aromatic carbocycles. The Morgan fingerprint density at radius 3 is 2.64 bits per heavy atom. The summed E-state index contributed by atoms with van der Waals surface area (Å²) in [5.41, 5.74) is 1.27. The quantitative estimate of drug-likeness (QED) is 0.620. The Labute approximate surface area is 92.3 Å². The number of aryl methyl sites for hydroxylation is 1. The predicted molar refractivity (Wildman–Crippen MR) is 55.7 cm³/mol. The lowest BCUT2D eigenvalue weighted by Gasteiger charge is -2.15. The number of pyridine rings is 1. The van der Waals surface area contributed by atoms with Crippen LogP contribution in [0, 0.1) is 6.92 Å². The highest BCUT2D eigenvalue weighted by molar-refractivity contribution is 6.30. The highest BCUT2D eigenvalue weighted by Gasteiger charge is 2.18. The summed E-state index contributed by atoms with van der Waals surface area (Å²) in [6, 6.07) is 1.68. The molecule has 14 heavy (non-hydrogen) atoms. The Hall–Kier alpha value is -0.350. The standard InChI is InChI=1S/C9H11Cl2NO2/c1-5-2-6(4-12-9(5)11)8(14)7(13)3-10/h2,4,7-8,13-14H,3H2,1H3. The molecule has 0 saturated heterocycles. The van der Waals surface area contributed by atoms with Crippen molar-refractivity contribution in [2.75, 3.05) is 5.88 Å². The maximum absolute atomic E-state index is 9.59. The van der Waals surface area contributed by atoms with Gasteiger partial charge in [-0.1, -0.05) is 11.6 Å². The van der Waals surface area contributed by atoms with Gasteiger partial charge in [-0.3, -0.25) is 0 Å². The Bertz CT molecular complexity index is 320. The second-order valence-electron chi connectivity index (χ2n) is 3.04. The van der Waals surface area contributed by atoms with Crippen LogP contribution < -0.4 is 0 Å². The predicted octanol–water partition coefficient (Wildman–Crippen LogP) is 1.68. The zero-order valence-electron chi connectivity index (χ0n) is 7.61. The summed E-state index contributed by atoms with van der Waals surface area (Å²) in [5, 5.41) is 19.3. The summed E-state index contributed by atoms with van der Waals surface area (Å²) in [5.74, 6) is -0.0250. The third-order valence-corrected chi connectivity index (χ3v) is 2.61. The molecule has 2 N–H and O–H groups in total. The molecule has 1 heterocycles. The normalized spacial score (nSPS) is 15.2. The van der Waals surface area contributed by atoms with Crippen molar-refractivity contribution in [1.29, 1.82) is 0 Å². The number of nitrogens with zero attached hydrogens (tertiary/aromatic N) is 1. The van der Waals surface area contributed by atoms with Gasteiger partial charge in [0.1, 0.15) is 11.3 Å². The van der Waals surface area contributed by atoms with Crippen LogP contribution in [-0.2, 0) is 0 Å². The van der Waals surface area contributed by atoms with E-state index in [0.717, 1.165) is 5.56 Å². The molecular formula is C9H11Cl2NO2. The van der Waals surface area contributed by atoms with Crippen molar-refractivity contribution in [3.8, 4) is 0 Å². The topological polar surface area (TPSA) is 53.4 Å². The van der Waals surface area contributed by atoms with Crippen LogP contribution >= 0.6 is 23.2 Å². The molecule has 1 aromatic rings. The van der Waals surface area contributed by atoms with Crippen molar-refractivity contribution in [1.82, 2.24) is 4.98 Å². The molecule has 0 bridgehead atoms. The number of alkyl halides is 1. The second-order valence-corrected chi connectivity index (χ2v) is 3.71. The SMILES string of the molecule is Cc1cc(C(O)C(O)CCl)cnc1Cl. The smallest absolute Gasteiger partial charge is 0.131 e. The fourth-order valence-corrected chi connectivity index (χ4v) is 1.32. The molecule has 0 spiro atoms. The van der Waals surface area contributed by atoms with Crippen LogP contribution in [0.4, 0.5) is 0 Å². The highest BCUT2D eigenvalue weighted by Crippen LogP contribution is 2.21. The number of rotatable bonds is 3. The molecule has 0 fully saturated rings. The minimum Gasteiger partial charge on any atom is -0.389 e. The van der Waals surface area contributed by atoms with E-state index in [2.05, 4.69) is 4.98 Å². The van der Waals surface area contributed by atoms with Gasteiger partial charge in [-0.05, 0) is 18.6 Å². The van der Waals surface area contributed by atoms with Crippen LogP contribution in [0.3, 0.4) is 0 Å². The summed E-state index contributed by atoms with van der Waals surface area (Å²) in [7, 11) is 0. The van der Waals surface area contributed by atoms with Gasteiger partial charge in [-0.15, -0.1) is 11.6 Å². The molecule has 5 heteroatoms. The van der Waals surface area contributed by atoms with E-state index in [1.165, 1.54) is 6.20 Å². The molecule has 0 radical (unpaired) electrons. The fraction of sp³-hybridized carbons (Fsp3) is 0.444. The molecule has 3 nitrogen and oxygen atoms in total. The summed E-state index contributed by atoms with van der Waals surface area (Å²) < 4.78 is 0. The minimum absolute atomic E-state index is 0.0250. The van der Waals surface area contributed by atoms with Crippen LogP contribution in [0.25, 0.3) is 0 Å². The molecule has 0 saturated carbocycles. The molecule has 78 valence electrons. The molecule has 2 unspecified atom stereocenters. The van der Waals surface area contributed by atoms with Crippen molar-refractivity contribution >= 4 is 23.2 Å². The van der Waals surface area contributed by atoms with Crippen LogP contribution in [0.15, 0.2) is 12.3 Å². The van der Waals surface area contributed by atoms with E-state index in [4.69, 9.17) is 23.2 Å². The maximum Gasteiger partial charge on any atom is 0.131 e. The van der Waals surface area contributed by atoms with Crippen molar-refractivity contribution < 1.29 is 10.2 Å². The average molecular weight is 236 g/mol. The lowest BCUT2D eigenvalue weighted by molar-refractivity contribution is 0.0325.